The lowest BCUT2D eigenvalue weighted by molar-refractivity contribution is 0.0139. The summed E-state index contributed by atoms with van der Waals surface area (Å²) in [7, 11) is 0. The van der Waals surface area contributed by atoms with Crippen LogP contribution in [0.1, 0.15) is 60.2 Å². The number of likely N-dealkylation sites (tertiary alicyclic amines) is 1. The predicted octanol–water partition coefficient (Wildman–Crippen LogP) is 4.51. The number of carbonyl (C=O) groups excluding carboxylic acids is 3. The van der Waals surface area contributed by atoms with Gasteiger partial charge in [-0.2, -0.15) is 0 Å². The number of nitrogens with one attached hydrogen (secondary N) is 3. The maximum absolute atomic E-state index is 12.9. The van der Waals surface area contributed by atoms with Crippen LogP contribution in [0.3, 0.4) is 0 Å². The molecule has 10 nitrogen and oxygen atoms in total. The summed E-state index contributed by atoms with van der Waals surface area (Å²) in [5.41, 5.74) is 2.74. The molecule has 1 aliphatic rings. The number of amides is 3. The molecule has 196 valence electrons. The number of piperidine rings is 1. The first-order valence-electron chi connectivity index (χ1n) is 11.5. The zero-order valence-corrected chi connectivity index (χ0v) is 22.2. The molecule has 1 unspecified atom stereocenters. The standard InChI is InChI=1S/C24H31Cl2N5O5/c1-13-18(25)19(26)20(28-13)22(33)29-16-8-7-15(21(32)30-27)10-17(16)35-12-14-6-5-9-31(11-14)23(34)36-24(2,3)4/h7-8,10,14,28H,5-6,9,11-12,27H2,1-4H3,(H,29,33)(H,30,32). The van der Waals surface area contributed by atoms with Crippen molar-refractivity contribution in [2.45, 2.75) is 46.1 Å². The Morgan fingerprint density at radius 3 is 2.53 bits per heavy atom. The molecule has 36 heavy (non-hydrogen) atoms. The van der Waals surface area contributed by atoms with Crippen molar-refractivity contribution >= 4 is 46.8 Å². The number of H-pyrrole nitrogens is 1. The first-order valence-corrected chi connectivity index (χ1v) is 12.3. The molecule has 1 aromatic heterocycles. The molecule has 2 heterocycles. The van der Waals surface area contributed by atoms with E-state index in [1.807, 2.05) is 20.8 Å². The number of ether oxygens (including phenoxy) is 2. The number of hydrogen-bond donors (Lipinski definition) is 4. The third-order valence-corrected chi connectivity index (χ3v) is 6.50. The van der Waals surface area contributed by atoms with E-state index in [0.717, 1.165) is 12.8 Å². The number of aromatic nitrogens is 1. The van der Waals surface area contributed by atoms with E-state index in [9.17, 15) is 14.4 Å². The van der Waals surface area contributed by atoms with Gasteiger partial charge in [0, 0.05) is 30.3 Å². The Labute approximate surface area is 219 Å². The molecule has 2 aromatic rings. The van der Waals surface area contributed by atoms with Gasteiger partial charge in [-0.15, -0.1) is 0 Å². The van der Waals surface area contributed by atoms with Gasteiger partial charge in [-0.05, 0) is 58.7 Å². The summed E-state index contributed by atoms with van der Waals surface area (Å²) < 4.78 is 11.5. The Balaban J connectivity index is 1.76. The average Bonchev–Trinajstić information content (AvgIpc) is 3.09. The van der Waals surface area contributed by atoms with Crippen LogP contribution in [0.5, 0.6) is 5.75 Å². The van der Waals surface area contributed by atoms with Crippen LogP contribution in [0.25, 0.3) is 0 Å². The van der Waals surface area contributed by atoms with Gasteiger partial charge in [0.1, 0.15) is 17.0 Å². The lowest BCUT2D eigenvalue weighted by atomic mass is 9.99. The molecule has 0 radical (unpaired) electrons. The van der Waals surface area contributed by atoms with Crippen molar-refractivity contribution in [2.24, 2.45) is 11.8 Å². The van der Waals surface area contributed by atoms with E-state index in [-0.39, 0.29) is 45.7 Å². The van der Waals surface area contributed by atoms with Crippen LogP contribution in [-0.2, 0) is 4.74 Å². The minimum atomic E-state index is -0.581. The lowest BCUT2D eigenvalue weighted by Gasteiger charge is -2.34. The maximum Gasteiger partial charge on any atom is 0.410 e. The van der Waals surface area contributed by atoms with Gasteiger partial charge >= 0.3 is 6.09 Å². The second-order valence-electron chi connectivity index (χ2n) is 9.64. The van der Waals surface area contributed by atoms with Gasteiger partial charge in [0.25, 0.3) is 11.8 Å². The van der Waals surface area contributed by atoms with Gasteiger partial charge in [-0.1, -0.05) is 23.2 Å². The maximum atomic E-state index is 12.9. The Morgan fingerprint density at radius 1 is 1.19 bits per heavy atom. The number of hydrogen-bond acceptors (Lipinski definition) is 6. The van der Waals surface area contributed by atoms with Crippen LogP contribution >= 0.6 is 23.2 Å². The third-order valence-electron chi connectivity index (χ3n) is 5.55. The van der Waals surface area contributed by atoms with Gasteiger partial charge in [-0.3, -0.25) is 15.0 Å². The summed E-state index contributed by atoms with van der Waals surface area (Å²) in [5.74, 6) is 4.53. The number of benzene rings is 1. The normalized spacial score (nSPS) is 15.9. The van der Waals surface area contributed by atoms with Crippen molar-refractivity contribution in [3.8, 4) is 5.75 Å². The van der Waals surface area contributed by atoms with E-state index in [4.69, 9.17) is 38.5 Å². The zero-order chi connectivity index (χ0) is 26.6. The lowest BCUT2D eigenvalue weighted by Crippen LogP contribution is -2.44. The topological polar surface area (TPSA) is 139 Å². The number of aromatic amines is 1. The predicted molar refractivity (Wildman–Crippen MR) is 138 cm³/mol. The second-order valence-corrected chi connectivity index (χ2v) is 10.4. The summed E-state index contributed by atoms with van der Waals surface area (Å²) in [6.07, 6.45) is 1.29. The van der Waals surface area contributed by atoms with E-state index in [2.05, 4.69) is 15.7 Å². The Hall–Kier alpha value is -2.95. The minimum Gasteiger partial charge on any atom is -0.491 e. The summed E-state index contributed by atoms with van der Waals surface area (Å²) in [6.45, 7) is 8.50. The van der Waals surface area contributed by atoms with Crippen LogP contribution < -0.4 is 21.3 Å². The monoisotopic (exact) mass is 539 g/mol. The second kappa shape index (κ2) is 11.4. The molecule has 0 bridgehead atoms. The molecule has 0 saturated carbocycles. The van der Waals surface area contributed by atoms with E-state index < -0.39 is 17.4 Å². The van der Waals surface area contributed by atoms with E-state index in [1.54, 1.807) is 11.8 Å². The number of nitrogens with zero attached hydrogens (tertiary/aromatic N) is 1. The van der Waals surface area contributed by atoms with Crippen molar-refractivity contribution in [3.63, 3.8) is 0 Å². The molecule has 1 atom stereocenters. The molecule has 3 rings (SSSR count). The molecule has 1 fully saturated rings. The third kappa shape index (κ3) is 6.83. The highest BCUT2D eigenvalue weighted by atomic mass is 35.5. The molecule has 1 aromatic carbocycles. The molecule has 1 saturated heterocycles. The first-order chi connectivity index (χ1) is 16.9. The van der Waals surface area contributed by atoms with Gasteiger partial charge in [-0.25, -0.2) is 10.6 Å². The molecule has 5 N–H and O–H groups in total. The van der Waals surface area contributed by atoms with Crippen molar-refractivity contribution in [1.29, 1.82) is 0 Å². The fraction of sp³-hybridized carbons (Fsp3) is 0.458. The number of hydrazine groups is 1. The highest BCUT2D eigenvalue weighted by Gasteiger charge is 2.28. The van der Waals surface area contributed by atoms with Gasteiger partial charge < -0.3 is 24.7 Å². The zero-order valence-electron chi connectivity index (χ0n) is 20.7. The molecular weight excluding hydrogens is 509 g/mol. The number of halogens is 2. The number of nitrogen functional groups attached to an aromatic ring is 1. The Morgan fingerprint density at radius 2 is 1.92 bits per heavy atom. The summed E-state index contributed by atoms with van der Waals surface area (Å²) in [6, 6.07) is 4.53. The van der Waals surface area contributed by atoms with Crippen LogP contribution in [0.4, 0.5) is 10.5 Å². The fourth-order valence-corrected chi connectivity index (χ4v) is 4.20. The first kappa shape index (κ1) is 27.6. The SMILES string of the molecule is Cc1[nH]c(C(=O)Nc2ccc(C(=O)NN)cc2OCC2CCCN(C(=O)OC(C)(C)C)C2)c(Cl)c1Cl. The van der Waals surface area contributed by atoms with E-state index >= 15 is 0 Å². The molecule has 12 heteroatoms. The summed E-state index contributed by atoms with van der Waals surface area (Å²) >= 11 is 12.3. The molecule has 3 amide bonds. The molecular formula is C24H31Cl2N5O5. The summed E-state index contributed by atoms with van der Waals surface area (Å²) in [5, 5.41) is 3.12. The summed E-state index contributed by atoms with van der Waals surface area (Å²) in [4.78, 5) is 42.0. The van der Waals surface area contributed by atoms with E-state index in [1.165, 1.54) is 18.2 Å². The number of aryl methyl sites for hydroxylation is 1. The van der Waals surface area contributed by atoms with Crippen LogP contribution in [-0.4, -0.2) is 53.1 Å². The molecule has 1 aliphatic heterocycles. The van der Waals surface area contributed by atoms with Crippen molar-refractivity contribution < 1.29 is 23.9 Å². The van der Waals surface area contributed by atoms with Crippen LogP contribution in [0, 0.1) is 12.8 Å². The molecule has 0 aliphatic carbocycles. The minimum absolute atomic E-state index is 0.0288. The Bertz CT molecular complexity index is 1140. The van der Waals surface area contributed by atoms with Crippen molar-refractivity contribution in [3.05, 3.63) is 45.2 Å². The molecule has 0 spiro atoms. The van der Waals surface area contributed by atoms with Gasteiger partial charge in [0.05, 0.1) is 22.3 Å². The fourth-order valence-electron chi connectivity index (χ4n) is 3.78. The smallest absolute Gasteiger partial charge is 0.410 e. The van der Waals surface area contributed by atoms with Crippen LogP contribution in [0.15, 0.2) is 18.2 Å². The van der Waals surface area contributed by atoms with Crippen LogP contribution in [0.2, 0.25) is 10.0 Å². The Kier molecular flexibility index (Phi) is 8.76. The highest BCUT2D eigenvalue weighted by Crippen LogP contribution is 2.32. The number of nitrogens with two attached hydrogens (primary N) is 1. The van der Waals surface area contributed by atoms with Gasteiger partial charge in [0.2, 0.25) is 0 Å². The van der Waals surface area contributed by atoms with Gasteiger partial charge in [0.15, 0.2) is 0 Å². The average molecular weight is 540 g/mol. The highest BCUT2D eigenvalue weighted by molar-refractivity contribution is 6.44. The van der Waals surface area contributed by atoms with Crippen molar-refractivity contribution in [2.75, 3.05) is 25.0 Å². The number of anilines is 1. The largest absolute Gasteiger partial charge is 0.491 e. The number of rotatable bonds is 6. The van der Waals surface area contributed by atoms with Crippen molar-refractivity contribution in [1.82, 2.24) is 15.3 Å². The quantitative estimate of drug-likeness (QED) is 0.242. The van der Waals surface area contributed by atoms with E-state index in [0.29, 0.717) is 24.5 Å². The number of carbonyl (C=O) groups is 3.